The van der Waals surface area contributed by atoms with E-state index in [1.54, 1.807) is 36.4 Å². The smallest absolute Gasteiger partial charge is 0.265 e. The number of nitrogens with zero attached hydrogens (tertiary/aromatic N) is 3. The first-order valence-electron chi connectivity index (χ1n) is 6.70. The summed E-state index contributed by atoms with van der Waals surface area (Å²) in [6.07, 6.45) is 0. The molecule has 0 aliphatic heterocycles. The molecule has 0 fully saturated rings. The first-order valence-corrected chi connectivity index (χ1v) is 8.97. The van der Waals surface area contributed by atoms with Crippen LogP contribution in [0, 0.1) is 0 Å². The molecule has 0 saturated heterocycles. The topological polar surface area (TPSA) is 110 Å². The molecule has 0 atom stereocenters. The summed E-state index contributed by atoms with van der Waals surface area (Å²) in [5, 5.41) is 13.6. The summed E-state index contributed by atoms with van der Waals surface area (Å²) in [4.78, 5) is 0.0318. The lowest BCUT2D eigenvalue weighted by Gasteiger charge is -2.12. The summed E-state index contributed by atoms with van der Waals surface area (Å²) in [5.74, 6) is 0.621. The molecule has 0 amide bonds. The summed E-state index contributed by atoms with van der Waals surface area (Å²) in [5.41, 5.74) is 1.00. The number of aromatic nitrogens is 4. The SMILES string of the molecule is COc1ccc(Br)cc1S(=O)(=O)Nc1cccc(-c2nn[nH]n2)c1. The average molecular weight is 410 g/mol. The normalized spacial score (nSPS) is 11.2. The van der Waals surface area contributed by atoms with Crippen LogP contribution >= 0.6 is 15.9 Å². The number of nitrogens with one attached hydrogen (secondary N) is 2. The van der Waals surface area contributed by atoms with Crippen LogP contribution in [-0.2, 0) is 10.0 Å². The number of aromatic amines is 1. The first-order chi connectivity index (χ1) is 11.5. The van der Waals surface area contributed by atoms with Crippen molar-refractivity contribution in [2.24, 2.45) is 0 Å². The highest BCUT2D eigenvalue weighted by Gasteiger charge is 2.20. The number of tetrazole rings is 1. The molecule has 0 saturated carbocycles. The molecule has 3 aromatic rings. The zero-order valence-corrected chi connectivity index (χ0v) is 14.8. The standard InChI is InChI=1S/C14H12BrN5O3S/c1-23-12-6-5-10(15)8-13(12)24(21,22)18-11-4-2-3-9(7-11)14-16-19-20-17-14/h2-8,18H,1H3,(H,16,17,19,20). The fourth-order valence-electron chi connectivity index (χ4n) is 2.08. The van der Waals surface area contributed by atoms with Gasteiger partial charge < -0.3 is 4.74 Å². The molecule has 24 heavy (non-hydrogen) atoms. The van der Waals surface area contributed by atoms with Gasteiger partial charge in [-0.25, -0.2) is 8.42 Å². The Balaban J connectivity index is 1.96. The van der Waals surface area contributed by atoms with Crippen molar-refractivity contribution in [3.63, 3.8) is 0 Å². The Morgan fingerprint density at radius 3 is 2.75 bits per heavy atom. The van der Waals surface area contributed by atoms with Crippen molar-refractivity contribution in [2.75, 3.05) is 11.8 Å². The molecule has 2 aromatic carbocycles. The monoisotopic (exact) mass is 409 g/mol. The van der Waals surface area contributed by atoms with Crippen LogP contribution in [0.1, 0.15) is 0 Å². The van der Waals surface area contributed by atoms with Gasteiger partial charge in [0.25, 0.3) is 10.0 Å². The lowest BCUT2D eigenvalue weighted by Crippen LogP contribution is -2.14. The van der Waals surface area contributed by atoms with E-state index in [2.05, 4.69) is 41.3 Å². The summed E-state index contributed by atoms with van der Waals surface area (Å²) in [6, 6.07) is 11.5. The predicted molar refractivity (Wildman–Crippen MR) is 91.1 cm³/mol. The first kappa shape index (κ1) is 16.4. The van der Waals surface area contributed by atoms with Crippen molar-refractivity contribution < 1.29 is 13.2 Å². The Morgan fingerprint density at radius 1 is 1.21 bits per heavy atom. The van der Waals surface area contributed by atoms with Gasteiger partial charge in [0.1, 0.15) is 10.6 Å². The minimum Gasteiger partial charge on any atom is -0.495 e. The Bertz CT molecular complexity index is 960. The molecule has 1 aromatic heterocycles. The van der Waals surface area contributed by atoms with E-state index in [0.717, 1.165) is 0 Å². The summed E-state index contributed by atoms with van der Waals surface area (Å²) in [7, 11) is -2.42. The lowest BCUT2D eigenvalue weighted by molar-refractivity contribution is 0.403. The fraction of sp³-hybridized carbons (Fsp3) is 0.0714. The van der Waals surface area contributed by atoms with Gasteiger partial charge in [-0.2, -0.15) is 5.21 Å². The number of halogens is 1. The zero-order valence-electron chi connectivity index (χ0n) is 12.4. The third-order valence-electron chi connectivity index (χ3n) is 3.13. The third kappa shape index (κ3) is 3.39. The van der Waals surface area contributed by atoms with Gasteiger partial charge in [0.2, 0.25) is 5.82 Å². The van der Waals surface area contributed by atoms with Gasteiger partial charge in [-0.1, -0.05) is 28.1 Å². The summed E-state index contributed by atoms with van der Waals surface area (Å²) in [6.45, 7) is 0. The number of rotatable bonds is 5. The van der Waals surface area contributed by atoms with Gasteiger partial charge in [-0.3, -0.25) is 4.72 Å². The van der Waals surface area contributed by atoms with Crippen molar-refractivity contribution in [2.45, 2.75) is 4.90 Å². The maximum absolute atomic E-state index is 12.7. The van der Waals surface area contributed by atoms with Gasteiger partial charge in [-0.05, 0) is 35.5 Å². The molecule has 2 N–H and O–H groups in total. The van der Waals surface area contributed by atoms with Crippen LogP contribution in [0.5, 0.6) is 5.75 Å². The molecule has 0 unspecified atom stereocenters. The van der Waals surface area contributed by atoms with Crippen LogP contribution in [0.3, 0.4) is 0 Å². The second-order valence-electron chi connectivity index (χ2n) is 4.72. The molecule has 10 heteroatoms. The quantitative estimate of drug-likeness (QED) is 0.669. The van der Waals surface area contributed by atoms with Crippen LogP contribution in [0.25, 0.3) is 11.4 Å². The molecule has 0 radical (unpaired) electrons. The second-order valence-corrected chi connectivity index (χ2v) is 7.28. The maximum atomic E-state index is 12.7. The highest BCUT2D eigenvalue weighted by Crippen LogP contribution is 2.29. The van der Waals surface area contributed by atoms with E-state index in [1.807, 2.05) is 0 Å². The minimum atomic E-state index is -3.83. The Labute approximate surface area is 146 Å². The van der Waals surface area contributed by atoms with E-state index in [9.17, 15) is 8.42 Å². The van der Waals surface area contributed by atoms with E-state index < -0.39 is 10.0 Å². The molecule has 0 bridgehead atoms. The van der Waals surface area contributed by atoms with E-state index >= 15 is 0 Å². The van der Waals surface area contributed by atoms with Crippen LogP contribution in [-0.4, -0.2) is 36.2 Å². The number of sulfonamides is 1. The van der Waals surface area contributed by atoms with E-state index in [0.29, 0.717) is 21.5 Å². The van der Waals surface area contributed by atoms with Gasteiger partial charge in [-0.15, -0.1) is 10.2 Å². The number of anilines is 1. The van der Waals surface area contributed by atoms with Crippen LogP contribution < -0.4 is 9.46 Å². The lowest BCUT2D eigenvalue weighted by atomic mass is 10.2. The molecular weight excluding hydrogens is 398 g/mol. The number of benzene rings is 2. The van der Waals surface area contributed by atoms with Crippen molar-refractivity contribution in [1.29, 1.82) is 0 Å². The third-order valence-corrected chi connectivity index (χ3v) is 5.03. The molecule has 3 rings (SSSR count). The zero-order chi connectivity index (χ0) is 17.2. The number of ether oxygens (including phenoxy) is 1. The van der Waals surface area contributed by atoms with Crippen molar-refractivity contribution in [1.82, 2.24) is 20.6 Å². The Morgan fingerprint density at radius 2 is 2.04 bits per heavy atom. The van der Waals surface area contributed by atoms with E-state index in [1.165, 1.54) is 13.2 Å². The van der Waals surface area contributed by atoms with Crippen LogP contribution in [0.15, 0.2) is 51.8 Å². The van der Waals surface area contributed by atoms with E-state index in [4.69, 9.17) is 4.74 Å². The molecule has 0 spiro atoms. The largest absolute Gasteiger partial charge is 0.495 e. The number of hydrogen-bond acceptors (Lipinski definition) is 6. The predicted octanol–water partition coefficient (Wildman–Crippen LogP) is 2.44. The fourth-order valence-corrected chi connectivity index (χ4v) is 3.83. The van der Waals surface area contributed by atoms with Crippen molar-refractivity contribution in [3.05, 3.63) is 46.9 Å². The number of hydrogen-bond donors (Lipinski definition) is 2. The molecular formula is C14H12BrN5O3S. The van der Waals surface area contributed by atoms with Gasteiger partial charge in [0.05, 0.1) is 7.11 Å². The summed E-state index contributed by atoms with van der Waals surface area (Å²) >= 11 is 3.27. The minimum absolute atomic E-state index is 0.0318. The number of methoxy groups -OCH3 is 1. The second kappa shape index (κ2) is 6.57. The highest BCUT2D eigenvalue weighted by molar-refractivity contribution is 9.10. The summed E-state index contributed by atoms with van der Waals surface area (Å²) < 4.78 is 33.6. The molecule has 1 heterocycles. The molecule has 8 nitrogen and oxygen atoms in total. The van der Waals surface area contributed by atoms with E-state index in [-0.39, 0.29) is 10.6 Å². The van der Waals surface area contributed by atoms with Gasteiger partial charge in [0, 0.05) is 15.7 Å². The average Bonchev–Trinajstić information content (AvgIpc) is 3.09. The van der Waals surface area contributed by atoms with Crippen LogP contribution in [0.2, 0.25) is 0 Å². The van der Waals surface area contributed by atoms with Crippen molar-refractivity contribution in [3.8, 4) is 17.1 Å². The molecule has 0 aliphatic rings. The Hall–Kier alpha value is -2.46. The Kier molecular flexibility index (Phi) is 4.49. The molecule has 0 aliphatic carbocycles. The van der Waals surface area contributed by atoms with Crippen LogP contribution in [0.4, 0.5) is 5.69 Å². The molecule has 124 valence electrons. The van der Waals surface area contributed by atoms with Gasteiger partial charge >= 0.3 is 0 Å². The number of H-pyrrole nitrogens is 1. The highest BCUT2D eigenvalue weighted by atomic mass is 79.9. The van der Waals surface area contributed by atoms with Gasteiger partial charge in [0.15, 0.2) is 0 Å². The van der Waals surface area contributed by atoms with Crippen molar-refractivity contribution >= 4 is 31.6 Å². The maximum Gasteiger partial charge on any atom is 0.265 e.